The van der Waals surface area contributed by atoms with Crippen LogP contribution in [0, 0.1) is 17.2 Å². The monoisotopic (exact) mass is 545 g/mol. The summed E-state index contributed by atoms with van der Waals surface area (Å²) < 4.78 is 0.979. The van der Waals surface area contributed by atoms with Gasteiger partial charge >= 0.3 is 0 Å². The molecule has 2 aromatic carbocycles. The highest BCUT2D eigenvalue weighted by atomic mass is 79.9. The van der Waals surface area contributed by atoms with Crippen LogP contribution in [0.15, 0.2) is 63.7 Å². The molecule has 4 aliphatic rings. The Hall–Kier alpha value is -3.26. The van der Waals surface area contributed by atoms with Crippen molar-refractivity contribution < 1.29 is 9.59 Å². The van der Waals surface area contributed by atoms with Gasteiger partial charge in [0.1, 0.15) is 0 Å². The average molecular weight is 546 g/mol. The number of halogens is 1. The molecule has 6 rings (SSSR count). The van der Waals surface area contributed by atoms with Gasteiger partial charge in [-0.15, -0.1) is 0 Å². The number of fused-ring (bicyclic) bond motifs is 2. The zero-order valence-corrected chi connectivity index (χ0v) is 21.6. The zero-order chi connectivity index (χ0) is 25.0. The normalized spacial score (nSPS) is 26.7. The molecule has 0 aromatic heterocycles. The number of hydrogen-bond acceptors (Lipinski definition) is 6. The van der Waals surface area contributed by atoms with Gasteiger partial charge in [-0.1, -0.05) is 28.1 Å². The molecule has 0 radical (unpaired) electrons. The van der Waals surface area contributed by atoms with Crippen molar-refractivity contribution in [2.45, 2.75) is 44.2 Å². The molecule has 8 heteroatoms. The van der Waals surface area contributed by atoms with Gasteiger partial charge < -0.3 is 16.0 Å². The van der Waals surface area contributed by atoms with Gasteiger partial charge in [0.05, 0.1) is 28.0 Å². The highest BCUT2D eigenvalue weighted by molar-refractivity contribution is 9.10. The van der Waals surface area contributed by atoms with Gasteiger partial charge in [0.15, 0.2) is 0 Å². The van der Waals surface area contributed by atoms with Crippen molar-refractivity contribution in [1.29, 1.82) is 5.41 Å². The number of nitrogens with zero attached hydrogens (tertiary/aromatic N) is 2. The number of imide groups is 1. The summed E-state index contributed by atoms with van der Waals surface area (Å²) in [5, 5.41) is 16.0. The Kier molecular flexibility index (Phi) is 5.59. The topological polar surface area (TPSA) is 97.7 Å². The molecule has 2 amide bonds. The minimum absolute atomic E-state index is 0.186. The molecule has 2 saturated carbocycles. The summed E-state index contributed by atoms with van der Waals surface area (Å²) in [6.07, 6.45) is 7.75. The smallest absolute Gasteiger partial charge is 0.261 e. The van der Waals surface area contributed by atoms with Crippen LogP contribution in [0.5, 0.6) is 0 Å². The molecule has 2 aromatic rings. The van der Waals surface area contributed by atoms with Crippen LogP contribution in [0.4, 0.5) is 11.4 Å². The van der Waals surface area contributed by atoms with E-state index in [0.717, 1.165) is 47.1 Å². The van der Waals surface area contributed by atoms with Crippen LogP contribution in [0.3, 0.4) is 0 Å². The largest absolute Gasteiger partial charge is 0.388 e. The number of hydrogen-bond donors (Lipinski definition) is 3. The van der Waals surface area contributed by atoms with E-state index in [0.29, 0.717) is 29.3 Å². The third kappa shape index (κ3) is 4.07. The highest BCUT2D eigenvalue weighted by Crippen LogP contribution is 2.40. The molecular formula is C28H28BrN5O2. The van der Waals surface area contributed by atoms with Crippen molar-refractivity contribution in [2.75, 3.05) is 11.9 Å². The van der Waals surface area contributed by atoms with E-state index in [1.54, 1.807) is 24.3 Å². The predicted octanol–water partition coefficient (Wildman–Crippen LogP) is 5.31. The molecule has 0 saturated heterocycles. The van der Waals surface area contributed by atoms with Gasteiger partial charge in [0.2, 0.25) is 0 Å². The van der Waals surface area contributed by atoms with Gasteiger partial charge in [0.25, 0.3) is 11.8 Å². The van der Waals surface area contributed by atoms with E-state index in [4.69, 9.17) is 5.41 Å². The van der Waals surface area contributed by atoms with Crippen molar-refractivity contribution in [3.05, 3.63) is 69.8 Å². The van der Waals surface area contributed by atoms with E-state index >= 15 is 0 Å². The molecule has 2 aliphatic carbocycles. The van der Waals surface area contributed by atoms with Gasteiger partial charge in [-0.2, -0.15) is 0 Å². The first kappa shape index (κ1) is 23.2. The molecule has 36 heavy (non-hydrogen) atoms. The van der Waals surface area contributed by atoms with Crippen molar-refractivity contribution in [3.8, 4) is 0 Å². The maximum absolute atomic E-state index is 12.7. The van der Waals surface area contributed by atoms with Crippen LogP contribution >= 0.6 is 15.9 Å². The van der Waals surface area contributed by atoms with Crippen LogP contribution in [-0.2, 0) is 0 Å². The maximum Gasteiger partial charge on any atom is 0.261 e. The number of carbonyl (C=O) groups excluding carboxylic acids is 2. The fraction of sp³-hybridized carbons (Fsp3) is 0.357. The van der Waals surface area contributed by atoms with E-state index in [9.17, 15) is 9.59 Å². The Bertz CT molecular complexity index is 1310. The third-order valence-electron chi connectivity index (χ3n) is 7.67. The van der Waals surface area contributed by atoms with Crippen molar-refractivity contribution in [3.63, 3.8) is 0 Å². The van der Waals surface area contributed by atoms with Crippen LogP contribution in [-0.4, -0.2) is 46.8 Å². The van der Waals surface area contributed by atoms with Gasteiger partial charge in [-0.3, -0.25) is 19.5 Å². The second kappa shape index (κ2) is 8.69. The quantitative estimate of drug-likeness (QED) is 0.324. The molecule has 184 valence electrons. The van der Waals surface area contributed by atoms with Gasteiger partial charge in [0, 0.05) is 46.7 Å². The number of benzene rings is 2. The first-order valence-corrected chi connectivity index (χ1v) is 13.3. The van der Waals surface area contributed by atoms with Gasteiger partial charge in [-0.25, -0.2) is 0 Å². The minimum Gasteiger partial charge on any atom is -0.388 e. The maximum atomic E-state index is 12.7. The summed E-state index contributed by atoms with van der Waals surface area (Å²) in [4.78, 5) is 31.4. The fourth-order valence-corrected chi connectivity index (χ4v) is 5.71. The second-order valence-electron chi connectivity index (χ2n) is 10.5. The molecule has 2 heterocycles. The average Bonchev–Trinajstić information content (AvgIpc) is 3.66. The number of amides is 2. The Morgan fingerprint density at radius 3 is 2.56 bits per heavy atom. The van der Waals surface area contributed by atoms with E-state index < -0.39 is 5.54 Å². The van der Waals surface area contributed by atoms with E-state index in [2.05, 4.69) is 38.5 Å². The molecule has 1 unspecified atom stereocenters. The fourth-order valence-electron chi connectivity index (χ4n) is 5.35. The highest BCUT2D eigenvalue weighted by Gasteiger charge is 2.41. The number of aliphatic imine (C=N–C) groups is 1. The zero-order valence-electron chi connectivity index (χ0n) is 20.1. The van der Waals surface area contributed by atoms with E-state index in [-0.39, 0.29) is 23.8 Å². The summed E-state index contributed by atoms with van der Waals surface area (Å²) in [6, 6.07) is 13.3. The van der Waals surface area contributed by atoms with Crippen molar-refractivity contribution in [1.82, 2.24) is 10.2 Å². The molecule has 7 nitrogen and oxygen atoms in total. The SMILES string of the molecule is CC1(/C(=C/NC2CC(CN3C(=O)c4ccccc4C3=O)C2)C(=N)C2CC2)C=Nc2ccc(Br)cc2N1. The Morgan fingerprint density at radius 1 is 1.19 bits per heavy atom. The Morgan fingerprint density at radius 2 is 1.89 bits per heavy atom. The lowest BCUT2D eigenvalue weighted by Crippen LogP contribution is -2.47. The number of rotatable bonds is 7. The molecule has 0 bridgehead atoms. The minimum atomic E-state index is -0.593. The van der Waals surface area contributed by atoms with Gasteiger partial charge in [-0.05, 0) is 68.9 Å². The van der Waals surface area contributed by atoms with Crippen LogP contribution in [0.25, 0.3) is 0 Å². The Balaban J connectivity index is 1.12. The summed E-state index contributed by atoms with van der Waals surface area (Å²) in [6.45, 7) is 2.52. The summed E-state index contributed by atoms with van der Waals surface area (Å²) in [5.74, 6) is 0.208. The molecule has 2 aliphatic heterocycles. The first-order valence-electron chi connectivity index (χ1n) is 12.5. The summed E-state index contributed by atoms with van der Waals surface area (Å²) in [7, 11) is 0. The first-order chi connectivity index (χ1) is 17.3. The summed E-state index contributed by atoms with van der Waals surface area (Å²) in [5.41, 5.74) is 3.80. The number of nitrogens with one attached hydrogen (secondary N) is 3. The molecule has 3 N–H and O–H groups in total. The molecule has 1 atom stereocenters. The van der Waals surface area contributed by atoms with E-state index in [1.165, 1.54) is 4.90 Å². The molecular weight excluding hydrogens is 518 g/mol. The van der Waals surface area contributed by atoms with Crippen molar-refractivity contribution >= 4 is 51.0 Å². The molecule has 0 spiro atoms. The predicted molar refractivity (Wildman–Crippen MR) is 144 cm³/mol. The number of anilines is 1. The standard InChI is InChI=1S/C28H28BrN5O2/c1-28(15-32-23-9-8-18(29)12-24(23)33-28)22(25(30)17-6-7-17)13-31-19-10-16(11-19)14-34-26(35)20-4-2-3-5-21(20)27(34)36/h2-5,8-9,12-13,15-17,19,30-31,33H,6-7,10-11,14H2,1H3/b22-13+,30-25?. The van der Waals surface area contributed by atoms with Crippen LogP contribution in [0.2, 0.25) is 0 Å². The molecule has 2 fully saturated rings. The second-order valence-corrected chi connectivity index (χ2v) is 11.4. The van der Waals surface area contributed by atoms with Crippen LogP contribution in [0.1, 0.15) is 53.3 Å². The Labute approximate surface area is 218 Å². The lowest BCUT2D eigenvalue weighted by atomic mass is 9.79. The van der Waals surface area contributed by atoms with Crippen LogP contribution < -0.4 is 10.6 Å². The lowest BCUT2D eigenvalue weighted by molar-refractivity contribution is 0.0584. The summed E-state index contributed by atoms with van der Waals surface area (Å²) >= 11 is 3.54. The number of carbonyl (C=O) groups is 2. The lowest BCUT2D eigenvalue weighted by Gasteiger charge is -2.39. The van der Waals surface area contributed by atoms with E-state index in [1.807, 2.05) is 30.6 Å². The third-order valence-corrected chi connectivity index (χ3v) is 8.16. The van der Waals surface area contributed by atoms with Crippen molar-refractivity contribution in [2.24, 2.45) is 16.8 Å².